The zero-order valence-corrected chi connectivity index (χ0v) is 8.61. The van der Waals surface area contributed by atoms with Crippen LogP contribution in [-0.4, -0.2) is 20.4 Å². The van der Waals surface area contributed by atoms with Gasteiger partial charge in [0.25, 0.3) is 0 Å². The van der Waals surface area contributed by atoms with Crippen molar-refractivity contribution in [2.75, 3.05) is 5.73 Å². The second kappa shape index (κ2) is 3.02. The number of anilines is 1. The second-order valence-corrected chi connectivity index (χ2v) is 3.49. The van der Waals surface area contributed by atoms with Crippen LogP contribution in [-0.2, 0) is 0 Å². The van der Waals surface area contributed by atoms with Crippen LogP contribution in [0.2, 0.25) is 5.15 Å². The third-order valence-corrected chi connectivity index (χ3v) is 2.41. The second-order valence-electron chi connectivity index (χ2n) is 3.11. The van der Waals surface area contributed by atoms with Crippen LogP contribution in [0.5, 0.6) is 0 Å². The third-order valence-electron chi connectivity index (χ3n) is 2.12. The molecule has 4 N–H and O–H groups in total. The third kappa shape index (κ3) is 1.17. The van der Waals surface area contributed by atoms with E-state index in [4.69, 9.17) is 17.3 Å². The molecule has 0 aromatic carbocycles. The smallest absolute Gasteiger partial charge is 0.148 e. The van der Waals surface area contributed by atoms with Crippen molar-refractivity contribution in [3.05, 3.63) is 16.5 Å². The molecular weight excluding hydrogens is 202 g/mol. The summed E-state index contributed by atoms with van der Waals surface area (Å²) in [4.78, 5) is 0. The van der Waals surface area contributed by atoms with Crippen LogP contribution in [0, 0.1) is 13.8 Å². The quantitative estimate of drug-likeness (QED) is 0.671. The van der Waals surface area contributed by atoms with Crippen molar-refractivity contribution in [3.8, 4) is 11.3 Å². The minimum atomic E-state index is 0.361. The van der Waals surface area contributed by atoms with Gasteiger partial charge in [-0.05, 0) is 13.8 Å². The SMILES string of the molecule is Cc1n[nH]c(C)c1-c1n[nH]c(Cl)c1N. The van der Waals surface area contributed by atoms with Gasteiger partial charge in [-0.15, -0.1) is 0 Å². The highest BCUT2D eigenvalue weighted by atomic mass is 35.5. The molecule has 2 heterocycles. The van der Waals surface area contributed by atoms with Crippen molar-refractivity contribution in [1.29, 1.82) is 0 Å². The molecular formula is C8H10ClN5. The number of hydrogen-bond acceptors (Lipinski definition) is 3. The van der Waals surface area contributed by atoms with Crippen LogP contribution in [0.25, 0.3) is 11.3 Å². The summed E-state index contributed by atoms with van der Waals surface area (Å²) in [7, 11) is 0. The molecule has 0 spiro atoms. The molecule has 0 bridgehead atoms. The Hall–Kier alpha value is -1.49. The van der Waals surface area contributed by atoms with Crippen molar-refractivity contribution in [1.82, 2.24) is 20.4 Å². The average Bonchev–Trinajstić information content (AvgIpc) is 2.62. The average molecular weight is 212 g/mol. The highest BCUT2D eigenvalue weighted by Crippen LogP contribution is 2.31. The van der Waals surface area contributed by atoms with Crippen molar-refractivity contribution in [3.63, 3.8) is 0 Å². The maximum absolute atomic E-state index is 5.78. The predicted molar refractivity (Wildman–Crippen MR) is 55.1 cm³/mol. The minimum Gasteiger partial charge on any atom is -0.394 e. The summed E-state index contributed by atoms with van der Waals surface area (Å²) in [6, 6.07) is 0. The summed E-state index contributed by atoms with van der Waals surface area (Å²) in [6.07, 6.45) is 0. The Morgan fingerprint density at radius 2 is 1.93 bits per heavy atom. The molecule has 2 aromatic rings. The van der Waals surface area contributed by atoms with E-state index in [9.17, 15) is 0 Å². The first-order valence-corrected chi connectivity index (χ1v) is 4.50. The fraction of sp³-hybridized carbons (Fsp3) is 0.250. The first-order valence-electron chi connectivity index (χ1n) is 4.12. The van der Waals surface area contributed by atoms with Crippen molar-refractivity contribution in [2.24, 2.45) is 0 Å². The lowest BCUT2D eigenvalue weighted by molar-refractivity contribution is 1.02. The molecule has 0 atom stereocenters. The fourth-order valence-corrected chi connectivity index (χ4v) is 1.55. The maximum Gasteiger partial charge on any atom is 0.148 e. The van der Waals surface area contributed by atoms with Gasteiger partial charge in [-0.2, -0.15) is 10.2 Å². The number of nitrogens with zero attached hydrogens (tertiary/aromatic N) is 2. The predicted octanol–water partition coefficient (Wildman–Crippen LogP) is 1.65. The van der Waals surface area contributed by atoms with Gasteiger partial charge in [-0.3, -0.25) is 10.2 Å². The van der Waals surface area contributed by atoms with Gasteiger partial charge in [-0.25, -0.2) is 0 Å². The van der Waals surface area contributed by atoms with E-state index in [-0.39, 0.29) is 0 Å². The first kappa shape index (κ1) is 9.08. The van der Waals surface area contributed by atoms with Gasteiger partial charge in [0.2, 0.25) is 0 Å². The molecule has 0 saturated carbocycles. The Balaban J connectivity index is 2.65. The molecule has 0 aliphatic heterocycles. The molecule has 0 unspecified atom stereocenters. The Bertz CT molecular complexity index is 451. The number of aromatic nitrogens is 4. The summed E-state index contributed by atoms with van der Waals surface area (Å²) in [5.74, 6) is 0. The minimum absolute atomic E-state index is 0.361. The summed E-state index contributed by atoms with van der Waals surface area (Å²) >= 11 is 5.78. The monoisotopic (exact) mass is 211 g/mol. The van der Waals surface area contributed by atoms with Gasteiger partial charge in [-0.1, -0.05) is 11.6 Å². The Labute approximate surface area is 85.7 Å². The number of rotatable bonds is 1. The van der Waals surface area contributed by atoms with Gasteiger partial charge < -0.3 is 5.73 Å². The van der Waals surface area contributed by atoms with Gasteiger partial charge >= 0.3 is 0 Å². The van der Waals surface area contributed by atoms with Gasteiger partial charge in [0.05, 0.1) is 11.4 Å². The Kier molecular flexibility index (Phi) is 1.96. The number of nitrogens with two attached hydrogens (primary N) is 1. The molecule has 0 radical (unpaired) electrons. The zero-order chi connectivity index (χ0) is 10.3. The largest absolute Gasteiger partial charge is 0.394 e. The molecule has 0 aliphatic rings. The standard InChI is InChI=1S/C8H10ClN5/c1-3-5(4(2)12-11-3)7-6(10)8(9)14-13-7/h10H2,1-2H3,(H,11,12)(H,13,14). The van der Waals surface area contributed by atoms with E-state index >= 15 is 0 Å². The van der Waals surface area contributed by atoms with Crippen LogP contribution in [0.15, 0.2) is 0 Å². The highest BCUT2D eigenvalue weighted by Gasteiger charge is 2.16. The fourth-order valence-electron chi connectivity index (χ4n) is 1.42. The normalized spacial score (nSPS) is 10.8. The van der Waals surface area contributed by atoms with Crippen LogP contribution in [0.3, 0.4) is 0 Å². The van der Waals surface area contributed by atoms with Crippen LogP contribution in [0.1, 0.15) is 11.4 Å². The molecule has 0 aliphatic carbocycles. The van der Waals surface area contributed by atoms with Crippen LogP contribution in [0.4, 0.5) is 5.69 Å². The van der Waals surface area contributed by atoms with Crippen molar-refractivity contribution in [2.45, 2.75) is 13.8 Å². The molecule has 0 fully saturated rings. The lowest BCUT2D eigenvalue weighted by Crippen LogP contribution is -1.89. The molecule has 14 heavy (non-hydrogen) atoms. The van der Waals surface area contributed by atoms with E-state index in [2.05, 4.69) is 20.4 Å². The number of H-pyrrole nitrogens is 2. The van der Waals surface area contributed by atoms with E-state index in [0.29, 0.717) is 16.5 Å². The number of hydrogen-bond donors (Lipinski definition) is 3. The summed E-state index contributed by atoms with van der Waals surface area (Å²) in [6.45, 7) is 3.80. The van der Waals surface area contributed by atoms with Crippen molar-refractivity contribution >= 4 is 17.3 Å². The lowest BCUT2D eigenvalue weighted by atomic mass is 10.1. The highest BCUT2D eigenvalue weighted by molar-refractivity contribution is 6.32. The molecule has 0 saturated heterocycles. The summed E-state index contributed by atoms with van der Waals surface area (Å²) in [5, 5.41) is 14.0. The maximum atomic E-state index is 5.78. The first-order chi connectivity index (χ1) is 6.61. The van der Waals surface area contributed by atoms with E-state index in [1.54, 1.807) is 0 Å². The van der Waals surface area contributed by atoms with E-state index in [1.807, 2.05) is 13.8 Å². The van der Waals surface area contributed by atoms with E-state index < -0.39 is 0 Å². The molecule has 0 amide bonds. The lowest BCUT2D eigenvalue weighted by Gasteiger charge is -1.97. The van der Waals surface area contributed by atoms with Gasteiger partial charge in [0.15, 0.2) is 0 Å². The van der Waals surface area contributed by atoms with Gasteiger partial charge in [0.1, 0.15) is 10.8 Å². The molecule has 74 valence electrons. The summed E-state index contributed by atoms with van der Waals surface area (Å²) < 4.78 is 0. The molecule has 2 rings (SSSR count). The van der Waals surface area contributed by atoms with Crippen LogP contribution >= 0.6 is 11.6 Å². The van der Waals surface area contributed by atoms with Crippen LogP contribution < -0.4 is 5.73 Å². The number of aromatic amines is 2. The molecule has 5 nitrogen and oxygen atoms in total. The number of nitrogen functional groups attached to an aromatic ring is 1. The van der Waals surface area contributed by atoms with E-state index in [1.165, 1.54) is 0 Å². The zero-order valence-electron chi connectivity index (χ0n) is 7.85. The van der Waals surface area contributed by atoms with Crippen molar-refractivity contribution < 1.29 is 0 Å². The number of halogens is 1. The summed E-state index contributed by atoms with van der Waals surface area (Å²) in [5.41, 5.74) is 9.57. The molecule has 6 heteroatoms. The number of aryl methyl sites for hydroxylation is 2. The Morgan fingerprint density at radius 3 is 2.36 bits per heavy atom. The van der Waals surface area contributed by atoms with E-state index in [0.717, 1.165) is 17.0 Å². The Morgan fingerprint density at radius 1 is 1.21 bits per heavy atom. The topological polar surface area (TPSA) is 83.4 Å². The number of nitrogens with one attached hydrogen (secondary N) is 2. The molecule has 2 aromatic heterocycles. The van der Waals surface area contributed by atoms with Gasteiger partial charge in [0, 0.05) is 11.3 Å².